The Morgan fingerprint density at radius 3 is 2.62 bits per heavy atom. The Balaban J connectivity index is 1.96. The van der Waals surface area contributed by atoms with Gasteiger partial charge < -0.3 is 14.9 Å². The third-order valence-corrected chi connectivity index (χ3v) is 3.26. The highest BCUT2D eigenvalue weighted by Gasteiger charge is 2.06. The molecule has 2 aromatic carbocycles. The van der Waals surface area contributed by atoms with E-state index in [1.807, 2.05) is 43.3 Å². The minimum Gasteiger partial charge on any atom is -0.545 e. The molecular formula is C17H13N2O2-. The molecule has 0 aliphatic heterocycles. The summed E-state index contributed by atoms with van der Waals surface area (Å²) >= 11 is 0. The number of imidazole rings is 1. The summed E-state index contributed by atoms with van der Waals surface area (Å²) in [5.74, 6) is -0.611. The topological polar surface area (TPSA) is 68.8 Å². The Labute approximate surface area is 121 Å². The third-order valence-electron chi connectivity index (χ3n) is 3.26. The molecular weight excluding hydrogens is 264 g/mol. The van der Waals surface area contributed by atoms with Crippen molar-refractivity contribution in [2.45, 2.75) is 6.92 Å². The second kappa shape index (κ2) is 5.25. The van der Waals surface area contributed by atoms with Crippen molar-refractivity contribution in [1.82, 2.24) is 9.97 Å². The fourth-order valence-corrected chi connectivity index (χ4v) is 2.15. The highest BCUT2D eigenvalue weighted by Crippen LogP contribution is 2.17. The molecule has 0 atom stereocenters. The lowest BCUT2D eigenvalue weighted by Crippen LogP contribution is -2.22. The summed E-state index contributed by atoms with van der Waals surface area (Å²) in [5, 5.41) is 11.1. The van der Waals surface area contributed by atoms with E-state index >= 15 is 0 Å². The Kier molecular flexibility index (Phi) is 3.28. The molecule has 21 heavy (non-hydrogen) atoms. The third kappa shape index (κ3) is 2.69. The molecule has 4 nitrogen and oxygen atoms in total. The molecule has 0 radical (unpaired) electrons. The SMILES string of the molecule is Cc1ccc(/C=C/c2nc3c(C(=O)[O-])cccc3[nH]2)cc1. The van der Waals surface area contributed by atoms with Gasteiger partial charge in [-0.1, -0.05) is 48.0 Å². The van der Waals surface area contributed by atoms with E-state index in [4.69, 9.17) is 0 Å². The van der Waals surface area contributed by atoms with Gasteiger partial charge in [0.1, 0.15) is 5.82 Å². The van der Waals surface area contributed by atoms with Crippen LogP contribution < -0.4 is 5.11 Å². The predicted octanol–water partition coefficient (Wildman–Crippen LogP) is 2.41. The number of aromatic nitrogens is 2. The number of H-pyrrole nitrogens is 1. The van der Waals surface area contributed by atoms with Crippen molar-refractivity contribution in [3.63, 3.8) is 0 Å². The Bertz CT molecular complexity index is 830. The number of nitrogens with zero attached hydrogens (tertiary/aromatic N) is 1. The standard InChI is InChI=1S/C17H14N2O2/c1-11-5-7-12(8-6-11)9-10-15-18-14-4-2-3-13(17(20)21)16(14)19-15/h2-10H,1H3,(H,18,19)(H,20,21)/p-1/b10-9+. The fourth-order valence-electron chi connectivity index (χ4n) is 2.15. The number of hydrogen-bond donors (Lipinski definition) is 1. The van der Waals surface area contributed by atoms with Crippen molar-refractivity contribution in [2.24, 2.45) is 0 Å². The molecule has 1 aromatic heterocycles. The van der Waals surface area contributed by atoms with E-state index in [0.29, 0.717) is 16.9 Å². The van der Waals surface area contributed by atoms with Crippen LogP contribution in [0.5, 0.6) is 0 Å². The summed E-state index contributed by atoms with van der Waals surface area (Å²) in [6.45, 7) is 2.04. The summed E-state index contributed by atoms with van der Waals surface area (Å²) in [6, 6.07) is 13.0. The minimum absolute atomic E-state index is 0.0961. The van der Waals surface area contributed by atoms with Crippen LogP contribution in [0, 0.1) is 6.92 Å². The van der Waals surface area contributed by atoms with E-state index in [0.717, 1.165) is 5.56 Å². The summed E-state index contributed by atoms with van der Waals surface area (Å²) in [6.07, 6.45) is 3.75. The molecule has 1 N–H and O–H groups in total. The smallest absolute Gasteiger partial charge is 0.131 e. The molecule has 0 amide bonds. The quantitative estimate of drug-likeness (QED) is 0.799. The molecule has 104 valence electrons. The first-order valence-electron chi connectivity index (χ1n) is 6.58. The van der Waals surface area contributed by atoms with Gasteiger partial charge in [0.2, 0.25) is 0 Å². The summed E-state index contributed by atoms with van der Waals surface area (Å²) in [7, 11) is 0. The van der Waals surface area contributed by atoms with E-state index in [2.05, 4.69) is 9.97 Å². The van der Waals surface area contributed by atoms with Crippen molar-refractivity contribution in [2.75, 3.05) is 0 Å². The number of carbonyl (C=O) groups excluding carboxylic acids is 1. The number of carbonyl (C=O) groups is 1. The Hall–Kier alpha value is -2.88. The van der Waals surface area contributed by atoms with Gasteiger partial charge in [0.15, 0.2) is 0 Å². The van der Waals surface area contributed by atoms with Gasteiger partial charge in [0.25, 0.3) is 0 Å². The molecule has 0 aliphatic rings. The van der Waals surface area contributed by atoms with Crippen LogP contribution in [0.15, 0.2) is 42.5 Å². The van der Waals surface area contributed by atoms with Crippen LogP contribution in [-0.4, -0.2) is 15.9 Å². The number of hydrogen-bond acceptors (Lipinski definition) is 3. The second-order valence-electron chi connectivity index (χ2n) is 4.86. The van der Waals surface area contributed by atoms with Crippen molar-refractivity contribution in [1.29, 1.82) is 0 Å². The fraction of sp³-hybridized carbons (Fsp3) is 0.0588. The lowest BCUT2D eigenvalue weighted by molar-refractivity contribution is -0.254. The van der Waals surface area contributed by atoms with E-state index in [1.54, 1.807) is 12.1 Å². The van der Waals surface area contributed by atoms with E-state index in [-0.39, 0.29) is 5.56 Å². The number of carboxylic acid groups (broad SMARTS) is 1. The molecule has 0 bridgehead atoms. The molecule has 0 unspecified atom stereocenters. The monoisotopic (exact) mass is 277 g/mol. The van der Waals surface area contributed by atoms with Crippen molar-refractivity contribution in [3.05, 3.63) is 65.0 Å². The van der Waals surface area contributed by atoms with Crippen LogP contribution in [-0.2, 0) is 0 Å². The van der Waals surface area contributed by atoms with Crippen LogP contribution in [0.3, 0.4) is 0 Å². The molecule has 0 fully saturated rings. The number of fused-ring (bicyclic) bond motifs is 1. The zero-order valence-corrected chi connectivity index (χ0v) is 11.5. The predicted molar refractivity (Wildman–Crippen MR) is 80.5 cm³/mol. The summed E-state index contributed by atoms with van der Waals surface area (Å²) < 4.78 is 0. The number of aromatic amines is 1. The van der Waals surface area contributed by atoms with Crippen LogP contribution >= 0.6 is 0 Å². The molecule has 0 spiro atoms. The number of para-hydroxylation sites is 1. The van der Waals surface area contributed by atoms with Gasteiger partial charge in [-0.3, -0.25) is 0 Å². The van der Waals surface area contributed by atoms with Gasteiger partial charge in [0.05, 0.1) is 17.0 Å². The van der Waals surface area contributed by atoms with E-state index in [9.17, 15) is 9.90 Å². The molecule has 3 aromatic rings. The maximum atomic E-state index is 11.1. The largest absolute Gasteiger partial charge is 0.545 e. The number of aryl methyl sites for hydroxylation is 1. The lowest BCUT2D eigenvalue weighted by Gasteiger charge is -2.01. The average molecular weight is 277 g/mol. The number of benzene rings is 2. The van der Waals surface area contributed by atoms with Crippen molar-refractivity contribution >= 4 is 29.2 Å². The average Bonchev–Trinajstić information content (AvgIpc) is 2.89. The maximum Gasteiger partial charge on any atom is 0.131 e. The number of aromatic carboxylic acids is 1. The van der Waals surface area contributed by atoms with Crippen LogP contribution in [0.1, 0.15) is 27.3 Å². The molecule has 4 heteroatoms. The van der Waals surface area contributed by atoms with Crippen molar-refractivity contribution < 1.29 is 9.90 Å². The van der Waals surface area contributed by atoms with Gasteiger partial charge in [0, 0.05) is 5.56 Å². The summed E-state index contributed by atoms with van der Waals surface area (Å²) in [4.78, 5) is 18.4. The van der Waals surface area contributed by atoms with Gasteiger partial charge in [-0.25, -0.2) is 4.98 Å². The number of carboxylic acids is 1. The molecule has 0 aliphatic carbocycles. The van der Waals surface area contributed by atoms with Gasteiger partial charge >= 0.3 is 0 Å². The minimum atomic E-state index is -1.22. The van der Waals surface area contributed by atoms with Crippen LogP contribution in [0.25, 0.3) is 23.2 Å². The zero-order chi connectivity index (χ0) is 14.8. The first kappa shape index (κ1) is 13.1. The maximum absolute atomic E-state index is 11.1. The summed E-state index contributed by atoms with van der Waals surface area (Å²) in [5.41, 5.74) is 3.45. The van der Waals surface area contributed by atoms with E-state index < -0.39 is 5.97 Å². The normalized spacial score (nSPS) is 11.3. The highest BCUT2D eigenvalue weighted by atomic mass is 16.4. The zero-order valence-electron chi connectivity index (χ0n) is 11.5. The molecule has 3 rings (SSSR count). The molecule has 0 saturated heterocycles. The lowest BCUT2D eigenvalue weighted by atomic mass is 10.1. The highest BCUT2D eigenvalue weighted by molar-refractivity contribution is 6.00. The van der Waals surface area contributed by atoms with Gasteiger partial charge in [-0.05, 0) is 24.6 Å². The first-order valence-corrected chi connectivity index (χ1v) is 6.58. The van der Waals surface area contributed by atoms with Crippen molar-refractivity contribution in [3.8, 4) is 0 Å². The van der Waals surface area contributed by atoms with Gasteiger partial charge in [-0.15, -0.1) is 0 Å². The Morgan fingerprint density at radius 2 is 1.90 bits per heavy atom. The number of nitrogens with one attached hydrogen (secondary N) is 1. The van der Waals surface area contributed by atoms with Crippen LogP contribution in [0.2, 0.25) is 0 Å². The second-order valence-corrected chi connectivity index (χ2v) is 4.86. The van der Waals surface area contributed by atoms with Crippen LogP contribution in [0.4, 0.5) is 0 Å². The molecule has 1 heterocycles. The number of rotatable bonds is 3. The first-order chi connectivity index (χ1) is 10.1. The van der Waals surface area contributed by atoms with E-state index in [1.165, 1.54) is 11.6 Å². The molecule has 0 saturated carbocycles. The Morgan fingerprint density at radius 1 is 1.14 bits per heavy atom. The van der Waals surface area contributed by atoms with Gasteiger partial charge in [-0.2, -0.15) is 0 Å².